The summed E-state index contributed by atoms with van der Waals surface area (Å²) >= 11 is 0. The number of aromatic nitrogens is 2. The lowest BCUT2D eigenvalue weighted by molar-refractivity contribution is 0.0952. The van der Waals surface area contributed by atoms with Crippen LogP contribution >= 0.6 is 0 Å². The largest absolute Gasteiger partial charge is 0.496 e. The highest BCUT2D eigenvalue weighted by atomic mass is 16.5. The lowest BCUT2D eigenvalue weighted by Crippen LogP contribution is -2.27. The Balaban J connectivity index is 1.66. The standard InChI is InChI=1S/C26H25N3O2/c1-19(20-11-5-3-6-12-20)17-27-26(30)23-18-29(21-13-7-4-8-14-21)28-25(23)22-15-9-10-16-24(22)31-2/h3-16,18-19H,17H2,1-2H3,(H,27,30). The zero-order valence-electron chi connectivity index (χ0n) is 17.7. The number of methoxy groups -OCH3 is 1. The molecular formula is C26H25N3O2. The fraction of sp³-hybridized carbons (Fsp3) is 0.154. The number of carbonyl (C=O) groups is 1. The molecule has 1 atom stereocenters. The number of nitrogens with one attached hydrogen (secondary N) is 1. The minimum absolute atomic E-state index is 0.161. The summed E-state index contributed by atoms with van der Waals surface area (Å²) in [5, 5.41) is 7.82. The van der Waals surface area contributed by atoms with Crippen LogP contribution in [0.1, 0.15) is 28.8 Å². The molecule has 0 saturated carbocycles. The summed E-state index contributed by atoms with van der Waals surface area (Å²) in [5.74, 6) is 0.711. The minimum Gasteiger partial charge on any atom is -0.496 e. The second-order valence-corrected chi connectivity index (χ2v) is 7.39. The molecule has 0 aliphatic heterocycles. The number of para-hydroxylation sites is 2. The SMILES string of the molecule is COc1ccccc1-c1nn(-c2ccccc2)cc1C(=O)NCC(C)c1ccccc1. The van der Waals surface area contributed by atoms with E-state index in [2.05, 4.69) is 24.4 Å². The first-order valence-corrected chi connectivity index (χ1v) is 10.3. The van der Waals surface area contributed by atoms with Crippen molar-refractivity contribution in [2.45, 2.75) is 12.8 Å². The molecule has 0 saturated heterocycles. The van der Waals surface area contributed by atoms with Crippen LogP contribution in [0, 0.1) is 0 Å². The van der Waals surface area contributed by atoms with Crippen molar-refractivity contribution in [2.75, 3.05) is 13.7 Å². The molecule has 31 heavy (non-hydrogen) atoms. The Morgan fingerprint density at radius 3 is 2.32 bits per heavy atom. The first-order valence-electron chi connectivity index (χ1n) is 10.3. The Labute approximate surface area is 182 Å². The van der Waals surface area contributed by atoms with E-state index in [9.17, 15) is 4.79 Å². The van der Waals surface area contributed by atoms with E-state index in [0.717, 1.165) is 11.3 Å². The Hall–Kier alpha value is -3.86. The van der Waals surface area contributed by atoms with Crippen LogP contribution in [0.3, 0.4) is 0 Å². The lowest BCUT2D eigenvalue weighted by Gasteiger charge is -2.13. The number of hydrogen-bond donors (Lipinski definition) is 1. The van der Waals surface area contributed by atoms with Crippen molar-refractivity contribution in [3.8, 4) is 22.7 Å². The fourth-order valence-corrected chi connectivity index (χ4v) is 3.53. The van der Waals surface area contributed by atoms with Gasteiger partial charge in [-0.2, -0.15) is 5.10 Å². The number of nitrogens with zero attached hydrogens (tertiary/aromatic N) is 2. The molecule has 4 aromatic rings. The van der Waals surface area contributed by atoms with E-state index in [1.807, 2.05) is 72.8 Å². The summed E-state index contributed by atoms with van der Waals surface area (Å²) in [4.78, 5) is 13.2. The second-order valence-electron chi connectivity index (χ2n) is 7.39. The highest BCUT2D eigenvalue weighted by molar-refractivity contribution is 6.00. The molecule has 5 heteroatoms. The van der Waals surface area contributed by atoms with E-state index in [1.165, 1.54) is 5.56 Å². The number of amides is 1. The molecule has 4 rings (SSSR count). The van der Waals surface area contributed by atoms with E-state index in [-0.39, 0.29) is 11.8 Å². The van der Waals surface area contributed by atoms with Crippen molar-refractivity contribution in [3.63, 3.8) is 0 Å². The quantitative estimate of drug-likeness (QED) is 0.461. The van der Waals surface area contributed by atoms with Crippen molar-refractivity contribution in [1.29, 1.82) is 0 Å². The number of hydrogen-bond acceptors (Lipinski definition) is 3. The molecule has 0 bridgehead atoms. The van der Waals surface area contributed by atoms with E-state index in [1.54, 1.807) is 18.0 Å². The third kappa shape index (κ3) is 4.51. The Kier molecular flexibility index (Phi) is 6.13. The minimum atomic E-state index is -0.161. The maximum atomic E-state index is 13.2. The molecule has 1 amide bonds. The van der Waals surface area contributed by atoms with Crippen LogP contribution in [-0.4, -0.2) is 29.3 Å². The average molecular weight is 412 g/mol. The Morgan fingerprint density at radius 1 is 0.968 bits per heavy atom. The van der Waals surface area contributed by atoms with Crippen LogP contribution < -0.4 is 10.1 Å². The summed E-state index contributed by atoms with van der Waals surface area (Å²) in [7, 11) is 1.62. The van der Waals surface area contributed by atoms with Crippen LogP contribution in [0.25, 0.3) is 16.9 Å². The van der Waals surface area contributed by atoms with Crippen molar-refractivity contribution in [3.05, 3.63) is 102 Å². The van der Waals surface area contributed by atoms with E-state index in [0.29, 0.717) is 23.6 Å². The van der Waals surface area contributed by atoms with E-state index < -0.39 is 0 Å². The van der Waals surface area contributed by atoms with E-state index in [4.69, 9.17) is 9.84 Å². The molecule has 0 radical (unpaired) electrons. The summed E-state index contributed by atoms with van der Waals surface area (Å²) in [6.07, 6.45) is 1.78. The van der Waals surface area contributed by atoms with Gasteiger partial charge in [0.1, 0.15) is 11.4 Å². The number of ether oxygens (including phenoxy) is 1. The van der Waals surface area contributed by atoms with Gasteiger partial charge in [0.25, 0.3) is 5.91 Å². The van der Waals surface area contributed by atoms with Gasteiger partial charge in [-0.15, -0.1) is 0 Å². The van der Waals surface area contributed by atoms with Gasteiger partial charge in [-0.1, -0.05) is 67.6 Å². The van der Waals surface area contributed by atoms with Crippen LogP contribution in [0.5, 0.6) is 5.75 Å². The maximum Gasteiger partial charge on any atom is 0.255 e. The first-order chi connectivity index (χ1) is 15.2. The zero-order valence-corrected chi connectivity index (χ0v) is 17.7. The van der Waals surface area contributed by atoms with Crippen molar-refractivity contribution in [2.24, 2.45) is 0 Å². The Morgan fingerprint density at radius 2 is 1.61 bits per heavy atom. The molecule has 0 fully saturated rings. The van der Waals surface area contributed by atoms with Gasteiger partial charge in [0.2, 0.25) is 0 Å². The molecule has 0 spiro atoms. The molecule has 5 nitrogen and oxygen atoms in total. The van der Waals surface area contributed by atoms with Gasteiger partial charge in [0.05, 0.1) is 18.4 Å². The summed E-state index contributed by atoms with van der Waals surface area (Å²) in [5.41, 5.74) is 3.95. The number of carbonyl (C=O) groups excluding carboxylic acids is 1. The molecule has 0 aliphatic rings. The van der Waals surface area contributed by atoms with Gasteiger partial charge in [0.15, 0.2) is 0 Å². The predicted octanol–water partition coefficient (Wildman–Crippen LogP) is 5.08. The van der Waals surface area contributed by atoms with Gasteiger partial charge in [-0.05, 0) is 35.7 Å². The third-order valence-electron chi connectivity index (χ3n) is 5.28. The van der Waals surface area contributed by atoms with Crippen LogP contribution in [0.4, 0.5) is 0 Å². The lowest BCUT2D eigenvalue weighted by atomic mass is 10.0. The molecule has 1 aromatic heterocycles. The molecule has 0 aliphatic carbocycles. The first kappa shape index (κ1) is 20.4. The smallest absolute Gasteiger partial charge is 0.255 e. The van der Waals surface area contributed by atoms with Gasteiger partial charge in [0, 0.05) is 18.3 Å². The molecule has 1 N–H and O–H groups in total. The monoisotopic (exact) mass is 411 g/mol. The maximum absolute atomic E-state index is 13.2. The van der Waals surface area contributed by atoms with Crippen molar-refractivity contribution in [1.82, 2.24) is 15.1 Å². The van der Waals surface area contributed by atoms with Gasteiger partial charge < -0.3 is 10.1 Å². The highest BCUT2D eigenvalue weighted by Gasteiger charge is 2.21. The van der Waals surface area contributed by atoms with Gasteiger partial charge in [-0.25, -0.2) is 4.68 Å². The predicted molar refractivity (Wildman–Crippen MR) is 123 cm³/mol. The van der Waals surface area contributed by atoms with Gasteiger partial charge >= 0.3 is 0 Å². The van der Waals surface area contributed by atoms with Gasteiger partial charge in [-0.3, -0.25) is 4.79 Å². The number of rotatable bonds is 7. The average Bonchev–Trinajstić information content (AvgIpc) is 3.29. The van der Waals surface area contributed by atoms with Crippen molar-refractivity contribution >= 4 is 5.91 Å². The Bertz CT molecular complexity index is 1150. The normalized spacial score (nSPS) is 11.7. The molecule has 3 aromatic carbocycles. The fourth-order valence-electron chi connectivity index (χ4n) is 3.53. The summed E-state index contributed by atoms with van der Waals surface area (Å²) < 4.78 is 7.26. The molecular weight excluding hydrogens is 386 g/mol. The summed E-state index contributed by atoms with van der Waals surface area (Å²) in [6, 6.07) is 27.5. The van der Waals surface area contributed by atoms with E-state index >= 15 is 0 Å². The highest BCUT2D eigenvalue weighted by Crippen LogP contribution is 2.31. The summed E-state index contributed by atoms with van der Waals surface area (Å²) in [6.45, 7) is 2.63. The zero-order chi connectivity index (χ0) is 21.6. The van der Waals surface area contributed by atoms with Crippen LogP contribution in [0.2, 0.25) is 0 Å². The van der Waals surface area contributed by atoms with Crippen LogP contribution in [0.15, 0.2) is 91.1 Å². The second kappa shape index (κ2) is 9.30. The van der Waals surface area contributed by atoms with Crippen LogP contribution in [-0.2, 0) is 0 Å². The molecule has 1 heterocycles. The van der Waals surface area contributed by atoms with Crippen molar-refractivity contribution < 1.29 is 9.53 Å². The third-order valence-corrected chi connectivity index (χ3v) is 5.28. The number of benzene rings is 3. The molecule has 156 valence electrons. The topological polar surface area (TPSA) is 56.2 Å². The molecule has 1 unspecified atom stereocenters.